The van der Waals surface area contributed by atoms with Gasteiger partial charge in [0.15, 0.2) is 0 Å². The molecule has 18 heavy (non-hydrogen) atoms. The number of aromatic amines is 1. The minimum absolute atomic E-state index is 0.0478. The molecule has 8 nitrogen and oxygen atoms in total. The molecule has 0 aliphatic carbocycles. The van der Waals surface area contributed by atoms with E-state index in [1.165, 1.54) is 36.1 Å². The number of rotatable bonds is 4. The zero-order valence-corrected chi connectivity index (χ0v) is 10.2. The van der Waals surface area contributed by atoms with E-state index < -0.39 is 15.9 Å². The Morgan fingerprint density at radius 3 is 2.78 bits per heavy atom. The second-order valence-corrected chi connectivity index (χ2v) is 5.29. The summed E-state index contributed by atoms with van der Waals surface area (Å²) in [5, 5.41) is 6.09. The summed E-state index contributed by atoms with van der Waals surface area (Å²) >= 11 is 0. The average molecular weight is 269 g/mol. The minimum Gasteiger partial charge on any atom is -0.364 e. The van der Waals surface area contributed by atoms with E-state index in [0.717, 1.165) is 0 Å². The first-order valence-corrected chi connectivity index (χ1v) is 6.37. The van der Waals surface area contributed by atoms with Gasteiger partial charge in [-0.3, -0.25) is 14.6 Å². The summed E-state index contributed by atoms with van der Waals surface area (Å²) in [6.07, 6.45) is 2.72. The van der Waals surface area contributed by atoms with Crippen LogP contribution >= 0.6 is 0 Å². The summed E-state index contributed by atoms with van der Waals surface area (Å²) in [7, 11) is -2.23. The Labute approximate surface area is 103 Å². The molecule has 0 spiro atoms. The van der Waals surface area contributed by atoms with Crippen molar-refractivity contribution in [3.63, 3.8) is 0 Å². The van der Waals surface area contributed by atoms with Crippen molar-refractivity contribution in [1.82, 2.24) is 14.8 Å². The number of sulfonamides is 1. The highest BCUT2D eigenvalue weighted by Gasteiger charge is 2.19. The fourth-order valence-corrected chi connectivity index (χ4v) is 2.53. The number of carbonyl (C=O) groups excluding carboxylic acids is 1. The molecular weight excluding hydrogens is 258 g/mol. The summed E-state index contributed by atoms with van der Waals surface area (Å²) in [4.78, 5) is 11.0. The highest BCUT2D eigenvalue weighted by Crippen LogP contribution is 2.16. The maximum Gasteiger partial charge on any atom is 0.265 e. The monoisotopic (exact) mass is 269 g/mol. The summed E-state index contributed by atoms with van der Waals surface area (Å²) in [5.74, 6) is -0.458. The molecule has 0 aromatic carbocycles. The van der Waals surface area contributed by atoms with Crippen molar-refractivity contribution in [2.24, 2.45) is 12.8 Å². The molecule has 0 aliphatic rings. The van der Waals surface area contributed by atoms with Gasteiger partial charge in [0.1, 0.15) is 16.4 Å². The van der Waals surface area contributed by atoms with Crippen LogP contribution in [0.15, 0.2) is 29.4 Å². The second-order valence-electron chi connectivity index (χ2n) is 3.61. The van der Waals surface area contributed by atoms with Gasteiger partial charge in [-0.2, -0.15) is 5.10 Å². The van der Waals surface area contributed by atoms with E-state index in [-0.39, 0.29) is 16.4 Å². The lowest BCUT2D eigenvalue weighted by atomic mass is 10.4. The van der Waals surface area contributed by atoms with Crippen LogP contribution in [0, 0.1) is 0 Å². The molecule has 1 amide bonds. The third-order valence-electron chi connectivity index (χ3n) is 2.29. The van der Waals surface area contributed by atoms with E-state index in [2.05, 4.69) is 14.9 Å². The number of hydrogen-bond donors (Lipinski definition) is 3. The molecule has 0 fully saturated rings. The molecule has 0 bridgehead atoms. The third kappa shape index (κ3) is 2.20. The van der Waals surface area contributed by atoms with Crippen molar-refractivity contribution >= 4 is 21.7 Å². The molecule has 0 unspecified atom stereocenters. The fourth-order valence-electron chi connectivity index (χ4n) is 1.44. The Morgan fingerprint density at radius 1 is 1.56 bits per heavy atom. The van der Waals surface area contributed by atoms with Crippen LogP contribution in [-0.2, 0) is 17.1 Å². The maximum absolute atomic E-state index is 12.0. The number of aromatic nitrogens is 3. The molecule has 0 atom stereocenters. The van der Waals surface area contributed by atoms with Crippen LogP contribution < -0.4 is 10.5 Å². The molecule has 0 saturated carbocycles. The van der Waals surface area contributed by atoms with Crippen LogP contribution in [0.3, 0.4) is 0 Å². The Kier molecular flexibility index (Phi) is 2.83. The van der Waals surface area contributed by atoms with Crippen LogP contribution in [0.1, 0.15) is 10.5 Å². The van der Waals surface area contributed by atoms with Gasteiger partial charge in [-0.15, -0.1) is 0 Å². The fraction of sp³-hybridized carbons (Fsp3) is 0.111. The summed E-state index contributed by atoms with van der Waals surface area (Å²) < 4.78 is 27.6. The normalized spacial score (nSPS) is 11.4. The van der Waals surface area contributed by atoms with Gasteiger partial charge in [0.25, 0.3) is 15.9 Å². The molecule has 96 valence electrons. The molecule has 2 aromatic rings. The van der Waals surface area contributed by atoms with E-state index >= 15 is 0 Å². The van der Waals surface area contributed by atoms with E-state index in [0.29, 0.717) is 0 Å². The number of primary amides is 1. The Morgan fingerprint density at radius 2 is 2.28 bits per heavy atom. The van der Waals surface area contributed by atoms with E-state index in [1.54, 1.807) is 0 Å². The SMILES string of the molecule is Cn1cc(S(=O)(=O)Nc2ccn[nH]2)cc1C(N)=O. The zero-order chi connectivity index (χ0) is 13.3. The van der Waals surface area contributed by atoms with Crippen LogP contribution in [0.2, 0.25) is 0 Å². The second kappa shape index (κ2) is 4.18. The van der Waals surface area contributed by atoms with E-state index in [9.17, 15) is 13.2 Å². The smallest absolute Gasteiger partial charge is 0.265 e. The number of amides is 1. The quantitative estimate of drug-likeness (QED) is 0.701. The molecule has 2 heterocycles. The van der Waals surface area contributed by atoms with Gasteiger partial charge in [-0.1, -0.05) is 0 Å². The molecule has 0 radical (unpaired) electrons. The van der Waals surface area contributed by atoms with Gasteiger partial charge in [0.2, 0.25) is 0 Å². The first-order chi connectivity index (χ1) is 8.40. The number of nitrogens with zero attached hydrogens (tertiary/aromatic N) is 2. The van der Waals surface area contributed by atoms with Gasteiger partial charge < -0.3 is 10.3 Å². The predicted molar refractivity (Wildman–Crippen MR) is 63.3 cm³/mol. The number of H-pyrrole nitrogens is 1. The lowest BCUT2D eigenvalue weighted by Crippen LogP contribution is -2.14. The number of nitrogens with one attached hydrogen (secondary N) is 2. The molecule has 0 saturated heterocycles. The summed E-state index contributed by atoms with van der Waals surface area (Å²) in [6.45, 7) is 0. The number of carbonyl (C=O) groups is 1. The van der Waals surface area contributed by atoms with Crippen LogP contribution in [0.25, 0.3) is 0 Å². The molecule has 0 aliphatic heterocycles. The van der Waals surface area contributed by atoms with Gasteiger partial charge >= 0.3 is 0 Å². The molecular formula is C9H11N5O3S. The van der Waals surface area contributed by atoms with Crippen molar-refractivity contribution in [1.29, 1.82) is 0 Å². The predicted octanol–water partition coefficient (Wildman–Crippen LogP) is -0.352. The standard InChI is InChI=1S/C9H11N5O3S/c1-14-5-6(4-7(14)9(10)15)18(16,17)13-8-2-3-11-12-8/h2-5H,1H3,(H2,10,15)(H2,11,12,13). The van der Waals surface area contributed by atoms with Crippen LogP contribution in [-0.4, -0.2) is 29.1 Å². The number of aryl methyl sites for hydroxylation is 1. The van der Waals surface area contributed by atoms with Gasteiger partial charge in [-0.25, -0.2) is 8.42 Å². The van der Waals surface area contributed by atoms with E-state index in [4.69, 9.17) is 5.73 Å². The minimum atomic E-state index is -3.77. The lowest BCUT2D eigenvalue weighted by Gasteiger charge is -2.02. The Balaban J connectivity index is 2.36. The average Bonchev–Trinajstić information content (AvgIpc) is 2.86. The number of anilines is 1. The van der Waals surface area contributed by atoms with Crippen LogP contribution in [0.5, 0.6) is 0 Å². The molecule has 2 rings (SSSR count). The lowest BCUT2D eigenvalue weighted by molar-refractivity contribution is 0.0992. The number of nitrogens with two attached hydrogens (primary N) is 1. The van der Waals surface area contributed by atoms with E-state index in [1.807, 2.05) is 0 Å². The van der Waals surface area contributed by atoms with Crippen molar-refractivity contribution < 1.29 is 13.2 Å². The topological polar surface area (TPSA) is 123 Å². The first-order valence-electron chi connectivity index (χ1n) is 4.88. The highest BCUT2D eigenvalue weighted by molar-refractivity contribution is 7.92. The van der Waals surface area contributed by atoms with Crippen molar-refractivity contribution in [3.05, 3.63) is 30.2 Å². The summed E-state index contributed by atoms with van der Waals surface area (Å²) in [5.41, 5.74) is 5.23. The van der Waals surface area contributed by atoms with Crippen molar-refractivity contribution in [2.45, 2.75) is 4.90 Å². The van der Waals surface area contributed by atoms with Crippen molar-refractivity contribution in [2.75, 3.05) is 4.72 Å². The molecule has 9 heteroatoms. The summed E-state index contributed by atoms with van der Waals surface area (Å²) in [6, 6.07) is 2.68. The van der Waals surface area contributed by atoms with Gasteiger partial charge in [0, 0.05) is 19.3 Å². The largest absolute Gasteiger partial charge is 0.364 e. The zero-order valence-electron chi connectivity index (χ0n) is 9.41. The maximum atomic E-state index is 12.0. The Bertz CT molecular complexity index is 671. The number of hydrogen-bond acceptors (Lipinski definition) is 4. The van der Waals surface area contributed by atoms with Crippen molar-refractivity contribution in [3.8, 4) is 0 Å². The molecule has 2 aromatic heterocycles. The van der Waals surface area contributed by atoms with Gasteiger partial charge in [0.05, 0.1) is 6.20 Å². The molecule has 4 N–H and O–H groups in total. The van der Waals surface area contributed by atoms with Crippen LogP contribution in [0.4, 0.5) is 5.82 Å². The first kappa shape index (κ1) is 12.2. The third-order valence-corrected chi connectivity index (χ3v) is 3.62. The highest BCUT2D eigenvalue weighted by atomic mass is 32.2. The van der Waals surface area contributed by atoms with Gasteiger partial charge in [-0.05, 0) is 6.07 Å². The Hall–Kier alpha value is -2.29.